The van der Waals surface area contributed by atoms with Crippen LogP contribution in [-0.2, 0) is 12.7 Å². The Kier molecular flexibility index (Phi) is 3.49. The molecule has 0 bridgehead atoms. The zero-order chi connectivity index (χ0) is 13.3. The van der Waals surface area contributed by atoms with Crippen LogP contribution in [0.4, 0.5) is 13.2 Å². The predicted molar refractivity (Wildman–Crippen MR) is 57.5 cm³/mol. The summed E-state index contributed by atoms with van der Waals surface area (Å²) in [7, 11) is 0. The molecule has 17 heavy (non-hydrogen) atoms. The Bertz CT molecular complexity index is 406. The number of aromatic nitrogens is 2. The highest BCUT2D eigenvalue weighted by atomic mass is 19.4. The Labute approximate surface area is 97.1 Å². The van der Waals surface area contributed by atoms with E-state index in [-0.39, 0.29) is 5.84 Å². The van der Waals surface area contributed by atoms with E-state index in [1.165, 1.54) is 10.9 Å². The van der Waals surface area contributed by atoms with Crippen molar-refractivity contribution in [3.8, 4) is 0 Å². The highest BCUT2D eigenvalue weighted by Gasteiger charge is 2.33. The molecule has 1 heterocycles. The number of aryl methyl sites for hydroxylation is 1. The lowest BCUT2D eigenvalue weighted by Crippen LogP contribution is -2.31. The van der Waals surface area contributed by atoms with E-state index in [9.17, 15) is 13.2 Å². The van der Waals surface area contributed by atoms with Gasteiger partial charge in [0.1, 0.15) is 0 Å². The molecule has 0 aromatic carbocycles. The van der Waals surface area contributed by atoms with E-state index in [2.05, 4.69) is 5.10 Å². The van der Waals surface area contributed by atoms with Crippen LogP contribution in [0.15, 0.2) is 12.3 Å². The maximum atomic E-state index is 12.3. The molecule has 3 N–H and O–H groups in total. The first-order valence-electron chi connectivity index (χ1n) is 5.08. The number of alkyl halides is 3. The van der Waals surface area contributed by atoms with Crippen LogP contribution < -0.4 is 5.73 Å². The molecule has 0 radical (unpaired) electrons. The molecule has 0 spiro atoms. The van der Waals surface area contributed by atoms with Gasteiger partial charge in [0.05, 0.1) is 5.84 Å². The zero-order valence-corrected chi connectivity index (χ0v) is 9.67. The third-order valence-electron chi connectivity index (χ3n) is 2.63. The predicted octanol–water partition coefficient (Wildman–Crippen LogP) is 2.25. The number of halogens is 3. The van der Waals surface area contributed by atoms with Crippen LogP contribution in [-0.4, -0.2) is 15.6 Å². The lowest BCUT2D eigenvalue weighted by molar-refractivity contribution is -0.141. The molecule has 0 aliphatic heterocycles. The fourth-order valence-electron chi connectivity index (χ4n) is 1.17. The van der Waals surface area contributed by atoms with E-state index in [1.54, 1.807) is 13.8 Å². The van der Waals surface area contributed by atoms with Gasteiger partial charge in [0.25, 0.3) is 0 Å². The number of nitrogens with two attached hydrogens (primary N) is 1. The van der Waals surface area contributed by atoms with E-state index >= 15 is 0 Å². The standard InChI is InChI=1S/C10H15F3N4/c1-9(2,8(14)15)4-6-17-5-3-7(16-17)10(11,12)13/h3,5H,4,6H2,1-2H3,(H3,14,15). The molecule has 4 nitrogen and oxygen atoms in total. The molecule has 1 rings (SSSR count). The Morgan fingerprint density at radius 2 is 2.06 bits per heavy atom. The van der Waals surface area contributed by atoms with Crippen LogP contribution in [0.1, 0.15) is 26.0 Å². The van der Waals surface area contributed by atoms with E-state index in [0.29, 0.717) is 13.0 Å². The molecule has 1 aromatic rings. The Morgan fingerprint density at radius 1 is 1.47 bits per heavy atom. The molecule has 0 saturated carbocycles. The average Bonchev–Trinajstić information content (AvgIpc) is 2.62. The number of hydrogen-bond donors (Lipinski definition) is 2. The average molecular weight is 248 g/mol. The van der Waals surface area contributed by atoms with Crippen molar-refractivity contribution in [2.45, 2.75) is 33.0 Å². The molecular formula is C10H15F3N4. The molecule has 7 heteroatoms. The lowest BCUT2D eigenvalue weighted by atomic mass is 9.88. The first-order chi connectivity index (χ1) is 7.63. The maximum Gasteiger partial charge on any atom is 0.435 e. The summed E-state index contributed by atoms with van der Waals surface area (Å²) >= 11 is 0. The van der Waals surface area contributed by atoms with Crippen LogP contribution in [0.5, 0.6) is 0 Å². The van der Waals surface area contributed by atoms with Crippen molar-refractivity contribution in [1.29, 1.82) is 5.41 Å². The van der Waals surface area contributed by atoms with Crippen LogP contribution >= 0.6 is 0 Å². The van der Waals surface area contributed by atoms with Crippen molar-refractivity contribution < 1.29 is 13.2 Å². The van der Waals surface area contributed by atoms with Gasteiger partial charge in [-0.2, -0.15) is 18.3 Å². The topological polar surface area (TPSA) is 67.7 Å². The molecule has 0 aliphatic carbocycles. The van der Waals surface area contributed by atoms with Gasteiger partial charge in [0.2, 0.25) is 0 Å². The molecule has 0 atom stereocenters. The SMILES string of the molecule is CC(C)(CCn1ccc(C(F)(F)F)n1)C(=N)N. The summed E-state index contributed by atoms with van der Waals surface area (Å²) in [5.74, 6) is 0.0145. The quantitative estimate of drug-likeness (QED) is 0.634. The molecular weight excluding hydrogens is 233 g/mol. The van der Waals surface area contributed by atoms with Crippen molar-refractivity contribution in [3.05, 3.63) is 18.0 Å². The van der Waals surface area contributed by atoms with Gasteiger partial charge >= 0.3 is 6.18 Å². The molecule has 0 fully saturated rings. The van der Waals surface area contributed by atoms with E-state index in [1.807, 2.05) is 0 Å². The Morgan fingerprint density at radius 3 is 2.47 bits per heavy atom. The highest BCUT2D eigenvalue weighted by molar-refractivity contribution is 5.82. The number of rotatable bonds is 4. The van der Waals surface area contributed by atoms with Crippen LogP contribution in [0.3, 0.4) is 0 Å². The van der Waals surface area contributed by atoms with Crippen LogP contribution in [0.2, 0.25) is 0 Å². The van der Waals surface area contributed by atoms with Gasteiger partial charge < -0.3 is 5.73 Å². The minimum absolute atomic E-state index is 0.0145. The normalized spacial score (nSPS) is 12.8. The van der Waals surface area contributed by atoms with Crippen LogP contribution in [0.25, 0.3) is 0 Å². The second kappa shape index (κ2) is 4.38. The summed E-state index contributed by atoms with van der Waals surface area (Å²) in [5.41, 5.74) is 3.94. The molecule has 0 saturated heterocycles. The summed E-state index contributed by atoms with van der Waals surface area (Å²) in [6.07, 6.45) is -2.68. The summed E-state index contributed by atoms with van der Waals surface area (Å²) in [6, 6.07) is 0.931. The van der Waals surface area contributed by atoms with Crippen molar-refractivity contribution in [3.63, 3.8) is 0 Å². The van der Waals surface area contributed by atoms with Gasteiger partial charge in [-0.25, -0.2) is 0 Å². The van der Waals surface area contributed by atoms with Crippen molar-refractivity contribution in [1.82, 2.24) is 9.78 Å². The zero-order valence-electron chi connectivity index (χ0n) is 9.67. The molecule has 0 amide bonds. The molecule has 0 aliphatic rings. The van der Waals surface area contributed by atoms with E-state index in [4.69, 9.17) is 11.1 Å². The molecule has 96 valence electrons. The van der Waals surface area contributed by atoms with Gasteiger partial charge in [-0.1, -0.05) is 13.8 Å². The first kappa shape index (κ1) is 13.5. The summed E-state index contributed by atoms with van der Waals surface area (Å²) in [6.45, 7) is 3.83. The molecule has 1 aromatic heterocycles. The summed E-state index contributed by atoms with van der Waals surface area (Å²) in [5, 5.41) is 10.8. The number of hydrogen-bond acceptors (Lipinski definition) is 2. The van der Waals surface area contributed by atoms with Gasteiger partial charge in [0.15, 0.2) is 5.69 Å². The number of amidine groups is 1. The Balaban J connectivity index is 2.66. The van der Waals surface area contributed by atoms with Gasteiger partial charge in [-0.3, -0.25) is 10.1 Å². The van der Waals surface area contributed by atoms with Gasteiger partial charge in [-0.15, -0.1) is 0 Å². The molecule has 0 unspecified atom stereocenters. The minimum Gasteiger partial charge on any atom is -0.387 e. The van der Waals surface area contributed by atoms with Crippen molar-refractivity contribution >= 4 is 5.84 Å². The summed E-state index contributed by atoms with van der Waals surface area (Å²) < 4.78 is 38.0. The van der Waals surface area contributed by atoms with E-state index in [0.717, 1.165) is 6.07 Å². The van der Waals surface area contributed by atoms with Gasteiger partial charge in [-0.05, 0) is 12.5 Å². The summed E-state index contributed by atoms with van der Waals surface area (Å²) in [4.78, 5) is 0. The van der Waals surface area contributed by atoms with Crippen LogP contribution in [0, 0.1) is 10.8 Å². The van der Waals surface area contributed by atoms with E-state index < -0.39 is 17.3 Å². The monoisotopic (exact) mass is 248 g/mol. The van der Waals surface area contributed by atoms with Gasteiger partial charge in [0, 0.05) is 18.2 Å². The smallest absolute Gasteiger partial charge is 0.387 e. The van der Waals surface area contributed by atoms with Crippen molar-refractivity contribution in [2.75, 3.05) is 0 Å². The number of nitrogens with zero attached hydrogens (tertiary/aromatic N) is 2. The minimum atomic E-state index is -4.42. The fraction of sp³-hybridized carbons (Fsp3) is 0.600. The van der Waals surface area contributed by atoms with Crippen molar-refractivity contribution in [2.24, 2.45) is 11.1 Å². The second-order valence-electron chi connectivity index (χ2n) is 4.51. The second-order valence-corrected chi connectivity index (χ2v) is 4.51. The maximum absolute atomic E-state index is 12.3. The Hall–Kier alpha value is -1.53. The third kappa shape index (κ3) is 3.47. The fourth-order valence-corrected chi connectivity index (χ4v) is 1.17. The third-order valence-corrected chi connectivity index (χ3v) is 2.63. The largest absolute Gasteiger partial charge is 0.435 e. The lowest BCUT2D eigenvalue weighted by Gasteiger charge is -2.22. The highest BCUT2D eigenvalue weighted by Crippen LogP contribution is 2.27. The number of nitrogens with one attached hydrogen (secondary N) is 1. The first-order valence-corrected chi connectivity index (χ1v) is 5.08.